The molecule has 1 aliphatic heterocycles. The van der Waals surface area contributed by atoms with Crippen LogP contribution in [0.25, 0.3) is 0 Å². The Morgan fingerprint density at radius 2 is 1.32 bits per heavy atom. The number of likely N-dealkylation sites (N-methyl/N-ethyl adjacent to an activating group) is 2. The first-order valence-corrected chi connectivity index (χ1v) is 10.5. The maximum atomic E-state index is 3.71. The smallest absolute Gasteiger partial charge is 0.0800 e. The van der Waals surface area contributed by atoms with Gasteiger partial charge in [-0.15, -0.1) is 0 Å². The molecule has 28 heavy (non-hydrogen) atoms. The lowest BCUT2D eigenvalue weighted by molar-refractivity contribution is 0.0737. The molecule has 4 nitrogen and oxygen atoms in total. The molecular weight excluding hydrogens is 344 g/mol. The highest BCUT2D eigenvalue weighted by Gasteiger charge is 2.47. The zero-order valence-corrected chi connectivity index (χ0v) is 18.0. The van der Waals surface area contributed by atoms with E-state index in [0.29, 0.717) is 24.3 Å². The second-order valence-electron chi connectivity index (χ2n) is 8.23. The fourth-order valence-electron chi connectivity index (χ4n) is 4.80. The summed E-state index contributed by atoms with van der Waals surface area (Å²) in [4.78, 5) is 5.15. The Labute approximate surface area is 171 Å². The minimum atomic E-state index is 0.323. The van der Waals surface area contributed by atoms with Gasteiger partial charge in [-0.05, 0) is 31.6 Å². The summed E-state index contributed by atoms with van der Waals surface area (Å²) in [5, 5.41) is 2.11. The quantitative estimate of drug-likeness (QED) is 0.689. The molecule has 1 heterocycles. The van der Waals surface area contributed by atoms with Crippen molar-refractivity contribution in [3.8, 4) is 0 Å². The zero-order valence-electron chi connectivity index (χ0n) is 18.0. The Hall–Kier alpha value is -1.72. The summed E-state index contributed by atoms with van der Waals surface area (Å²) in [5.41, 5.74) is 6.47. The van der Waals surface area contributed by atoms with E-state index in [1.807, 2.05) is 0 Å². The minimum absolute atomic E-state index is 0.323. The fourth-order valence-corrected chi connectivity index (χ4v) is 4.80. The second kappa shape index (κ2) is 9.66. The lowest BCUT2D eigenvalue weighted by atomic mass is 9.93. The average molecular weight is 381 g/mol. The van der Waals surface area contributed by atoms with Gasteiger partial charge in [-0.2, -0.15) is 0 Å². The molecule has 3 rings (SSSR count). The minimum Gasteiger partial charge on any atom is -0.281 e. The van der Waals surface area contributed by atoms with Crippen LogP contribution in [-0.2, 0) is 0 Å². The molecule has 152 valence electrons. The largest absolute Gasteiger partial charge is 0.281 e. The normalized spacial score (nSPS) is 22.8. The monoisotopic (exact) mass is 380 g/mol. The predicted octanol–water partition coefficient (Wildman–Crippen LogP) is 4.30. The van der Waals surface area contributed by atoms with E-state index < -0.39 is 0 Å². The third-order valence-electron chi connectivity index (χ3n) is 5.95. The standard InChI is InChI=1S/C24H36N4/c1-6-7-18-21(25-26(2)3)24-27(4)22(19-14-10-8-11-15-19)23(28(24)5)20-16-12-9-13-17-20/h8-17,21-25H,6-7,18H2,1-5H3/t21-,22+,23+/m1/s1. The van der Waals surface area contributed by atoms with Gasteiger partial charge >= 0.3 is 0 Å². The van der Waals surface area contributed by atoms with Gasteiger partial charge in [0.1, 0.15) is 0 Å². The summed E-state index contributed by atoms with van der Waals surface area (Å²) in [7, 11) is 8.77. The van der Waals surface area contributed by atoms with E-state index in [9.17, 15) is 0 Å². The van der Waals surface area contributed by atoms with Crippen LogP contribution in [0.3, 0.4) is 0 Å². The number of hydrogen-bond acceptors (Lipinski definition) is 4. The van der Waals surface area contributed by atoms with Crippen LogP contribution in [0.4, 0.5) is 0 Å². The highest BCUT2D eigenvalue weighted by Crippen LogP contribution is 2.46. The first-order chi connectivity index (χ1) is 13.5. The van der Waals surface area contributed by atoms with Crippen LogP contribution in [0.5, 0.6) is 0 Å². The third-order valence-corrected chi connectivity index (χ3v) is 5.95. The summed E-state index contributed by atoms with van der Waals surface area (Å²) < 4.78 is 0. The zero-order chi connectivity index (χ0) is 20.1. The van der Waals surface area contributed by atoms with Crippen molar-refractivity contribution in [2.24, 2.45) is 0 Å². The molecule has 0 aliphatic carbocycles. The summed E-state index contributed by atoms with van der Waals surface area (Å²) in [5.74, 6) is 0. The van der Waals surface area contributed by atoms with Gasteiger partial charge in [-0.25, -0.2) is 5.43 Å². The van der Waals surface area contributed by atoms with Gasteiger partial charge in [0, 0.05) is 14.1 Å². The number of hydrazine groups is 1. The molecule has 1 aliphatic rings. The van der Waals surface area contributed by atoms with E-state index in [1.165, 1.54) is 24.0 Å². The third kappa shape index (κ3) is 4.47. The summed E-state index contributed by atoms with van der Waals surface area (Å²) in [6.45, 7) is 2.27. The molecule has 2 aromatic rings. The van der Waals surface area contributed by atoms with Crippen molar-refractivity contribution in [1.29, 1.82) is 0 Å². The number of unbranched alkanes of at least 4 members (excludes halogenated alkanes) is 1. The van der Waals surface area contributed by atoms with Crippen molar-refractivity contribution in [3.63, 3.8) is 0 Å². The molecule has 0 unspecified atom stereocenters. The van der Waals surface area contributed by atoms with Crippen molar-refractivity contribution in [3.05, 3.63) is 71.8 Å². The van der Waals surface area contributed by atoms with E-state index in [2.05, 4.69) is 116 Å². The Balaban J connectivity index is 2.00. The predicted molar refractivity (Wildman–Crippen MR) is 118 cm³/mol. The van der Waals surface area contributed by atoms with Gasteiger partial charge in [0.05, 0.1) is 24.3 Å². The maximum Gasteiger partial charge on any atom is 0.0800 e. The number of nitrogens with zero attached hydrogens (tertiary/aromatic N) is 3. The van der Waals surface area contributed by atoms with Crippen molar-refractivity contribution < 1.29 is 0 Å². The molecule has 1 fully saturated rings. The van der Waals surface area contributed by atoms with Gasteiger partial charge in [-0.3, -0.25) is 14.8 Å². The summed E-state index contributed by atoms with van der Waals surface area (Å²) in [6.07, 6.45) is 3.94. The van der Waals surface area contributed by atoms with Gasteiger partial charge < -0.3 is 0 Å². The highest BCUT2D eigenvalue weighted by atomic mass is 15.5. The molecule has 0 aromatic heterocycles. The number of rotatable bonds is 8. The van der Waals surface area contributed by atoms with Gasteiger partial charge in [0.25, 0.3) is 0 Å². The van der Waals surface area contributed by atoms with Crippen molar-refractivity contribution in [2.75, 3.05) is 28.2 Å². The Kier molecular flexibility index (Phi) is 7.24. The first kappa shape index (κ1) is 21.0. The van der Waals surface area contributed by atoms with Crippen LogP contribution in [0.1, 0.15) is 49.4 Å². The van der Waals surface area contributed by atoms with Crippen LogP contribution in [-0.4, -0.2) is 55.2 Å². The molecule has 2 aromatic carbocycles. The van der Waals surface area contributed by atoms with E-state index in [4.69, 9.17) is 0 Å². The Morgan fingerprint density at radius 3 is 1.71 bits per heavy atom. The molecule has 0 radical (unpaired) electrons. The van der Waals surface area contributed by atoms with E-state index >= 15 is 0 Å². The summed E-state index contributed by atoms with van der Waals surface area (Å²) >= 11 is 0. The molecular formula is C24H36N4. The molecule has 4 heteroatoms. The van der Waals surface area contributed by atoms with Crippen LogP contribution in [0.15, 0.2) is 60.7 Å². The van der Waals surface area contributed by atoms with E-state index in [-0.39, 0.29) is 0 Å². The van der Waals surface area contributed by atoms with Gasteiger partial charge in [0.15, 0.2) is 0 Å². The maximum absolute atomic E-state index is 3.71. The lowest BCUT2D eigenvalue weighted by Gasteiger charge is -2.36. The van der Waals surface area contributed by atoms with Crippen molar-refractivity contribution in [2.45, 2.75) is 50.5 Å². The topological polar surface area (TPSA) is 21.8 Å². The first-order valence-electron chi connectivity index (χ1n) is 10.5. The Morgan fingerprint density at radius 1 is 0.857 bits per heavy atom. The number of nitrogens with one attached hydrogen (secondary N) is 1. The highest BCUT2D eigenvalue weighted by molar-refractivity contribution is 5.30. The molecule has 1 saturated heterocycles. The molecule has 0 spiro atoms. The van der Waals surface area contributed by atoms with Crippen LogP contribution in [0.2, 0.25) is 0 Å². The molecule has 3 atom stereocenters. The summed E-state index contributed by atoms with van der Waals surface area (Å²) in [6, 6.07) is 23.0. The van der Waals surface area contributed by atoms with Gasteiger partial charge in [-0.1, -0.05) is 80.4 Å². The van der Waals surface area contributed by atoms with Crippen LogP contribution < -0.4 is 5.43 Å². The fraction of sp³-hybridized carbons (Fsp3) is 0.500. The molecule has 0 saturated carbocycles. The van der Waals surface area contributed by atoms with Crippen LogP contribution in [0, 0.1) is 0 Å². The van der Waals surface area contributed by atoms with E-state index in [1.54, 1.807) is 0 Å². The Bertz CT molecular complexity index is 652. The number of benzene rings is 2. The molecule has 1 N–H and O–H groups in total. The lowest BCUT2D eigenvalue weighted by Crippen LogP contribution is -2.55. The average Bonchev–Trinajstić information content (AvgIpc) is 2.96. The number of hydrogen-bond donors (Lipinski definition) is 1. The molecule has 0 amide bonds. The molecule has 0 bridgehead atoms. The second-order valence-corrected chi connectivity index (χ2v) is 8.23. The van der Waals surface area contributed by atoms with Gasteiger partial charge in [0.2, 0.25) is 0 Å². The van der Waals surface area contributed by atoms with Crippen molar-refractivity contribution >= 4 is 0 Å². The van der Waals surface area contributed by atoms with E-state index in [0.717, 1.165) is 6.42 Å². The SMILES string of the molecule is CCCC[C@@H](NN(C)C)C1N(C)[C@@H](c2ccccc2)[C@H](c2ccccc2)N1C. The van der Waals surface area contributed by atoms with Crippen molar-refractivity contribution in [1.82, 2.24) is 20.2 Å². The van der Waals surface area contributed by atoms with Crippen LogP contribution >= 0.6 is 0 Å².